The van der Waals surface area contributed by atoms with Gasteiger partial charge < -0.3 is 10.2 Å². The van der Waals surface area contributed by atoms with Crippen LogP contribution in [-0.4, -0.2) is 18.4 Å². The molecular formula is C20H24N2O2. The van der Waals surface area contributed by atoms with Crippen molar-refractivity contribution < 1.29 is 9.59 Å². The zero-order chi connectivity index (χ0) is 17.7. The fourth-order valence-corrected chi connectivity index (χ4v) is 2.39. The number of amides is 2. The SMILES string of the molecule is CC(=O)N(CC(=O)Nc1ccccc1)c1ccc(C(C)(C)C)cc1. The molecule has 0 saturated carbocycles. The first-order valence-corrected chi connectivity index (χ1v) is 8.01. The van der Waals surface area contributed by atoms with E-state index < -0.39 is 0 Å². The molecule has 4 heteroatoms. The van der Waals surface area contributed by atoms with Crippen molar-refractivity contribution in [3.8, 4) is 0 Å². The first-order chi connectivity index (χ1) is 11.3. The Kier molecular flexibility index (Phi) is 5.39. The van der Waals surface area contributed by atoms with E-state index in [4.69, 9.17) is 0 Å². The number of hydrogen-bond acceptors (Lipinski definition) is 2. The van der Waals surface area contributed by atoms with Gasteiger partial charge in [0.1, 0.15) is 6.54 Å². The van der Waals surface area contributed by atoms with E-state index in [1.807, 2.05) is 54.6 Å². The largest absolute Gasteiger partial charge is 0.325 e. The molecule has 2 aromatic rings. The van der Waals surface area contributed by atoms with Crippen LogP contribution < -0.4 is 10.2 Å². The Balaban J connectivity index is 2.12. The number of anilines is 2. The number of rotatable bonds is 4. The molecule has 2 aromatic carbocycles. The summed E-state index contributed by atoms with van der Waals surface area (Å²) in [5.74, 6) is -0.391. The lowest BCUT2D eigenvalue weighted by molar-refractivity contribution is -0.120. The van der Waals surface area contributed by atoms with Gasteiger partial charge in [-0.1, -0.05) is 51.1 Å². The molecule has 1 N–H and O–H groups in total. The van der Waals surface area contributed by atoms with E-state index in [0.717, 1.165) is 5.69 Å². The highest BCUT2D eigenvalue weighted by Crippen LogP contribution is 2.25. The number of carbonyl (C=O) groups is 2. The van der Waals surface area contributed by atoms with Gasteiger partial charge in [0, 0.05) is 18.3 Å². The highest BCUT2D eigenvalue weighted by Gasteiger charge is 2.18. The molecule has 0 heterocycles. The zero-order valence-electron chi connectivity index (χ0n) is 14.7. The summed E-state index contributed by atoms with van der Waals surface area (Å²) < 4.78 is 0. The van der Waals surface area contributed by atoms with Crippen molar-refractivity contribution in [1.82, 2.24) is 0 Å². The summed E-state index contributed by atoms with van der Waals surface area (Å²) in [4.78, 5) is 25.7. The molecule has 2 amide bonds. The van der Waals surface area contributed by atoms with Crippen molar-refractivity contribution in [2.24, 2.45) is 0 Å². The molecule has 24 heavy (non-hydrogen) atoms. The molecule has 0 atom stereocenters. The van der Waals surface area contributed by atoms with E-state index in [2.05, 4.69) is 26.1 Å². The van der Waals surface area contributed by atoms with Crippen LogP contribution >= 0.6 is 0 Å². The van der Waals surface area contributed by atoms with Crippen LogP contribution in [0.25, 0.3) is 0 Å². The van der Waals surface area contributed by atoms with Crippen molar-refractivity contribution in [3.05, 3.63) is 60.2 Å². The summed E-state index contributed by atoms with van der Waals surface area (Å²) in [5, 5.41) is 2.80. The Morgan fingerprint density at radius 2 is 1.54 bits per heavy atom. The Morgan fingerprint density at radius 1 is 0.958 bits per heavy atom. The van der Waals surface area contributed by atoms with E-state index in [0.29, 0.717) is 5.69 Å². The number of nitrogens with one attached hydrogen (secondary N) is 1. The van der Waals surface area contributed by atoms with Gasteiger partial charge in [-0.2, -0.15) is 0 Å². The third-order valence-electron chi connectivity index (χ3n) is 3.78. The Bertz CT molecular complexity index is 701. The van der Waals surface area contributed by atoms with Crippen LogP contribution in [0, 0.1) is 0 Å². The molecular weight excluding hydrogens is 300 g/mol. The summed E-state index contributed by atoms with van der Waals surface area (Å²) in [6.07, 6.45) is 0. The van der Waals surface area contributed by atoms with Gasteiger partial charge >= 0.3 is 0 Å². The number of hydrogen-bond donors (Lipinski definition) is 1. The Morgan fingerprint density at radius 3 is 2.04 bits per heavy atom. The van der Waals surface area contributed by atoms with Crippen LogP contribution in [0.3, 0.4) is 0 Å². The molecule has 126 valence electrons. The molecule has 4 nitrogen and oxygen atoms in total. The summed E-state index contributed by atoms with van der Waals surface area (Å²) in [6, 6.07) is 17.0. The number of benzene rings is 2. The van der Waals surface area contributed by atoms with Gasteiger partial charge in [0.15, 0.2) is 0 Å². The fourth-order valence-electron chi connectivity index (χ4n) is 2.39. The van der Waals surface area contributed by atoms with Crippen molar-refractivity contribution >= 4 is 23.2 Å². The van der Waals surface area contributed by atoms with Crippen LogP contribution in [0.5, 0.6) is 0 Å². The summed E-state index contributed by atoms with van der Waals surface area (Å²) >= 11 is 0. The fraction of sp³-hybridized carbons (Fsp3) is 0.300. The van der Waals surface area contributed by atoms with Crippen LogP contribution in [0.2, 0.25) is 0 Å². The second-order valence-electron chi connectivity index (χ2n) is 6.82. The maximum absolute atomic E-state index is 12.2. The molecule has 0 aliphatic carbocycles. The Labute approximate surface area is 143 Å². The molecule has 0 aromatic heterocycles. The molecule has 0 saturated heterocycles. The van der Waals surface area contributed by atoms with E-state index in [-0.39, 0.29) is 23.8 Å². The molecule has 0 bridgehead atoms. The predicted molar refractivity (Wildman–Crippen MR) is 98.2 cm³/mol. The number of carbonyl (C=O) groups excluding carboxylic acids is 2. The van der Waals surface area contributed by atoms with Crippen molar-refractivity contribution in [2.75, 3.05) is 16.8 Å². The highest BCUT2D eigenvalue weighted by atomic mass is 16.2. The number of nitrogens with zero attached hydrogens (tertiary/aromatic N) is 1. The van der Waals surface area contributed by atoms with Crippen molar-refractivity contribution in [1.29, 1.82) is 0 Å². The molecule has 0 spiro atoms. The minimum atomic E-state index is -0.226. The maximum atomic E-state index is 12.2. The average Bonchev–Trinajstić information content (AvgIpc) is 2.52. The minimum absolute atomic E-state index is 0.0148. The lowest BCUT2D eigenvalue weighted by Gasteiger charge is -2.23. The first-order valence-electron chi connectivity index (χ1n) is 8.01. The van der Waals surface area contributed by atoms with Gasteiger partial charge in [-0.25, -0.2) is 0 Å². The van der Waals surface area contributed by atoms with Crippen LogP contribution in [-0.2, 0) is 15.0 Å². The van der Waals surface area contributed by atoms with Gasteiger partial charge in [0.2, 0.25) is 11.8 Å². The zero-order valence-corrected chi connectivity index (χ0v) is 14.7. The lowest BCUT2D eigenvalue weighted by atomic mass is 9.87. The van der Waals surface area contributed by atoms with Crippen molar-refractivity contribution in [3.63, 3.8) is 0 Å². The lowest BCUT2D eigenvalue weighted by Crippen LogP contribution is -2.36. The molecule has 0 fully saturated rings. The molecule has 0 unspecified atom stereocenters. The van der Waals surface area contributed by atoms with Crippen LogP contribution in [0.15, 0.2) is 54.6 Å². The van der Waals surface area contributed by atoms with Gasteiger partial charge in [-0.05, 0) is 35.2 Å². The average molecular weight is 324 g/mol. The van der Waals surface area contributed by atoms with Gasteiger partial charge in [-0.15, -0.1) is 0 Å². The normalized spacial score (nSPS) is 11.0. The summed E-state index contributed by atoms with van der Waals surface area (Å²) in [5.41, 5.74) is 2.67. The highest BCUT2D eigenvalue weighted by molar-refractivity contribution is 6.01. The Hall–Kier alpha value is -2.62. The van der Waals surface area contributed by atoms with Gasteiger partial charge in [0.25, 0.3) is 0 Å². The topological polar surface area (TPSA) is 49.4 Å². The van der Waals surface area contributed by atoms with E-state index in [9.17, 15) is 9.59 Å². The van der Waals surface area contributed by atoms with Gasteiger partial charge in [-0.3, -0.25) is 9.59 Å². The summed E-state index contributed by atoms with van der Waals surface area (Å²) in [6.45, 7) is 7.86. The molecule has 0 aliphatic rings. The third kappa shape index (κ3) is 4.69. The monoisotopic (exact) mass is 324 g/mol. The minimum Gasteiger partial charge on any atom is -0.325 e. The molecule has 0 aliphatic heterocycles. The second-order valence-corrected chi connectivity index (χ2v) is 6.82. The third-order valence-corrected chi connectivity index (χ3v) is 3.78. The summed E-state index contributed by atoms with van der Waals surface area (Å²) in [7, 11) is 0. The van der Waals surface area contributed by atoms with E-state index in [1.165, 1.54) is 17.4 Å². The van der Waals surface area contributed by atoms with Crippen molar-refractivity contribution in [2.45, 2.75) is 33.1 Å². The number of para-hydroxylation sites is 1. The van der Waals surface area contributed by atoms with Crippen LogP contribution in [0.4, 0.5) is 11.4 Å². The van der Waals surface area contributed by atoms with Gasteiger partial charge in [0.05, 0.1) is 0 Å². The van der Waals surface area contributed by atoms with E-state index in [1.54, 1.807) is 0 Å². The smallest absolute Gasteiger partial charge is 0.244 e. The standard InChI is InChI=1S/C20H24N2O2/c1-15(23)22(14-19(24)21-17-8-6-5-7-9-17)18-12-10-16(11-13-18)20(2,3)4/h5-13H,14H2,1-4H3,(H,21,24). The molecule has 0 radical (unpaired) electrons. The molecule has 2 rings (SSSR count). The quantitative estimate of drug-likeness (QED) is 0.925. The predicted octanol–water partition coefficient (Wildman–Crippen LogP) is 3.98. The van der Waals surface area contributed by atoms with Crippen LogP contribution in [0.1, 0.15) is 33.3 Å². The first kappa shape index (κ1) is 17.7. The second kappa shape index (κ2) is 7.30. The van der Waals surface area contributed by atoms with E-state index >= 15 is 0 Å². The maximum Gasteiger partial charge on any atom is 0.244 e.